The van der Waals surface area contributed by atoms with Crippen molar-refractivity contribution in [1.82, 2.24) is 19.7 Å². The Labute approximate surface area is 188 Å². The molecule has 0 saturated carbocycles. The van der Waals surface area contributed by atoms with Crippen LogP contribution in [0.25, 0.3) is 11.1 Å². The van der Waals surface area contributed by atoms with Gasteiger partial charge in [0.15, 0.2) is 0 Å². The molecular weight excluding hydrogens is 428 g/mol. The molecule has 0 spiro atoms. The summed E-state index contributed by atoms with van der Waals surface area (Å²) in [6.45, 7) is 3.40. The first-order valence-corrected chi connectivity index (χ1v) is 9.80. The molecule has 2 heterocycles. The third kappa shape index (κ3) is 5.18. The van der Waals surface area contributed by atoms with Gasteiger partial charge in [0.2, 0.25) is 11.9 Å². The van der Waals surface area contributed by atoms with Gasteiger partial charge >= 0.3 is 0 Å². The fourth-order valence-electron chi connectivity index (χ4n) is 3.04. The molecule has 0 unspecified atom stereocenters. The molecule has 33 heavy (non-hydrogen) atoms. The molecule has 10 heteroatoms. The number of aryl methyl sites for hydroxylation is 1. The van der Waals surface area contributed by atoms with Crippen LogP contribution in [0.2, 0.25) is 0 Å². The molecule has 0 fully saturated rings. The summed E-state index contributed by atoms with van der Waals surface area (Å²) in [6, 6.07) is 9.95. The molecule has 0 bridgehead atoms. The topological polar surface area (TPSA) is 96.8 Å². The molecule has 1 amide bonds. The predicted octanol–water partition coefficient (Wildman–Crippen LogP) is 4.77. The molecule has 4 rings (SSSR count). The Bertz CT molecular complexity index is 1340. The van der Waals surface area contributed by atoms with Gasteiger partial charge in [-0.15, -0.1) is 0 Å². The molecule has 166 valence electrons. The van der Waals surface area contributed by atoms with Crippen LogP contribution in [0.5, 0.6) is 0 Å². The number of hydrogen-bond donors (Lipinski definition) is 3. The summed E-state index contributed by atoms with van der Waals surface area (Å²) in [5.74, 6) is -0.984. The molecule has 2 aromatic carbocycles. The maximum absolute atomic E-state index is 14.6. The third-order valence-corrected chi connectivity index (χ3v) is 4.56. The Kier molecular flexibility index (Phi) is 6.07. The van der Waals surface area contributed by atoms with E-state index in [1.54, 1.807) is 36.3 Å². The number of anilines is 5. The first-order valence-electron chi connectivity index (χ1n) is 9.80. The van der Waals surface area contributed by atoms with E-state index in [4.69, 9.17) is 0 Å². The highest BCUT2D eigenvalue weighted by atomic mass is 19.1. The number of amides is 1. The standard InChI is InChI=1S/C23H19F2N7O/c1-3-21(33)28-16-7-8-19(25)20(10-16)30-22-18(14-5-4-6-15(24)9-14)12-26-23(31-22)29-17-11-27-32(2)13-17/h3-13H,1H2,2H3,(H,28,33)(H2,26,29,30,31). The number of hydrogen-bond acceptors (Lipinski definition) is 6. The van der Waals surface area contributed by atoms with Crippen molar-refractivity contribution in [3.8, 4) is 11.1 Å². The van der Waals surface area contributed by atoms with Crippen LogP contribution in [0.1, 0.15) is 0 Å². The van der Waals surface area contributed by atoms with Gasteiger partial charge in [-0.1, -0.05) is 18.7 Å². The molecular formula is C23H19F2N7O. The molecule has 0 atom stereocenters. The Morgan fingerprint density at radius 3 is 2.67 bits per heavy atom. The van der Waals surface area contributed by atoms with Gasteiger partial charge in [-0.05, 0) is 42.0 Å². The van der Waals surface area contributed by atoms with Crippen LogP contribution in [-0.2, 0) is 11.8 Å². The quantitative estimate of drug-likeness (QED) is 0.353. The number of carbonyl (C=O) groups is 1. The van der Waals surface area contributed by atoms with Gasteiger partial charge in [-0.2, -0.15) is 10.1 Å². The third-order valence-electron chi connectivity index (χ3n) is 4.56. The second-order valence-corrected chi connectivity index (χ2v) is 7.01. The van der Waals surface area contributed by atoms with Crippen molar-refractivity contribution in [3.05, 3.63) is 85.3 Å². The number of rotatable bonds is 7. The fraction of sp³-hybridized carbons (Fsp3) is 0.0435. The summed E-state index contributed by atoms with van der Waals surface area (Å²) < 4.78 is 30.1. The fourth-order valence-corrected chi connectivity index (χ4v) is 3.04. The van der Waals surface area contributed by atoms with E-state index in [9.17, 15) is 13.6 Å². The van der Waals surface area contributed by atoms with Crippen molar-refractivity contribution < 1.29 is 13.6 Å². The maximum Gasteiger partial charge on any atom is 0.247 e. The second kappa shape index (κ2) is 9.27. The molecule has 2 aromatic heterocycles. The van der Waals surface area contributed by atoms with E-state index in [1.807, 2.05) is 0 Å². The van der Waals surface area contributed by atoms with Crippen molar-refractivity contribution in [1.29, 1.82) is 0 Å². The maximum atomic E-state index is 14.6. The van der Waals surface area contributed by atoms with Crippen molar-refractivity contribution >= 4 is 34.7 Å². The van der Waals surface area contributed by atoms with Gasteiger partial charge < -0.3 is 16.0 Å². The number of aromatic nitrogens is 4. The lowest BCUT2D eigenvalue weighted by Gasteiger charge is -2.14. The summed E-state index contributed by atoms with van der Waals surface area (Å²) in [5, 5.41) is 12.6. The average Bonchev–Trinajstić information content (AvgIpc) is 3.20. The minimum atomic E-state index is -0.572. The highest BCUT2D eigenvalue weighted by Gasteiger charge is 2.14. The van der Waals surface area contributed by atoms with Crippen LogP contribution < -0.4 is 16.0 Å². The number of halogens is 2. The van der Waals surface area contributed by atoms with Crippen LogP contribution in [0, 0.1) is 11.6 Å². The van der Waals surface area contributed by atoms with Crippen molar-refractivity contribution in [2.24, 2.45) is 7.05 Å². The summed E-state index contributed by atoms with van der Waals surface area (Å²) >= 11 is 0. The predicted molar refractivity (Wildman–Crippen MR) is 122 cm³/mol. The number of benzene rings is 2. The lowest BCUT2D eigenvalue weighted by Crippen LogP contribution is -2.08. The first kappa shape index (κ1) is 21.6. The van der Waals surface area contributed by atoms with Gasteiger partial charge in [0, 0.05) is 30.7 Å². The Morgan fingerprint density at radius 2 is 1.94 bits per heavy atom. The smallest absolute Gasteiger partial charge is 0.247 e. The van der Waals surface area contributed by atoms with E-state index in [0.717, 1.165) is 6.08 Å². The van der Waals surface area contributed by atoms with Crippen molar-refractivity contribution in [2.75, 3.05) is 16.0 Å². The summed E-state index contributed by atoms with van der Waals surface area (Å²) in [4.78, 5) is 20.4. The molecule has 0 saturated heterocycles. The summed E-state index contributed by atoms with van der Waals surface area (Å²) in [5.41, 5.74) is 2.02. The van der Waals surface area contributed by atoms with Gasteiger partial charge in [-0.25, -0.2) is 13.8 Å². The monoisotopic (exact) mass is 447 g/mol. The summed E-state index contributed by atoms with van der Waals surface area (Å²) in [7, 11) is 1.77. The molecule has 3 N–H and O–H groups in total. The number of carbonyl (C=O) groups excluding carboxylic acids is 1. The van der Waals surface area contributed by atoms with E-state index in [0.29, 0.717) is 22.5 Å². The van der Waals surface area contributed by atoms with Gasteiger partial charge in [-0.3, -0.25) is 9.48 Å². The minimum absolute atomic E-state index is 0.0561. The highest BCUT2D eigenvalue weighted by molar-refractivity contribution is 5.99. The van der Waals surface area contributed by atoms with Crippen molar-refractivity contribution in [3.63, 3.8) is 0 Å². The van der Waals surface area contributed by atoms with Crippen LogP contribution >= 0.6 is 0 Å². The zero-order valence-electron chi connectivity index (χ0n) is 17.5. The van der Waals surface area contributed by atoms with E-state index >= 15 is 0 Å². The molecule has 4 aromatic rings. The largest absolute Gasteiger partial charge is 0.337 e. The molecule has 8 nitrogen and oxygen atoms in total. The molecule has 0 aliphatic heterocycles. The number of nitrogens with zero attached hydrogens (tertiary/aromatic N) is 4. The average molecular weight is 447 g/mol. The van der Waals surface area contributed by atoms with E-state index < -0.39 is 17.5 Å². The SMILES string of the molecule is C=CC(=O)Nc1ccc(F)c(Nc2nc(Nc3cnn(C)c3)ncc2-c2cccc(F)c2)c1. The lowest BCUT2D eigenvalue weighted by atomic mass is 10.1. The Balaban J connectivity index is 1.74. The van der Waals surface area contributed by atoms with E-state index in [1.165, 1.54) is 36.5 Å². The zero-order valence-corrected chi connectivity index (χ0v) is 17.5. The lowest BCUT2D eigenvalue weighted by molar-refractivity contribution is -0.111. The normalized spacial score (nSPS) is 10.5. The van der Waals surface area contributed by atoms with E-state index in [2.05, 4.69) is 37.6 Å². The second-order valence-electron chi connectivity index (χ2n) is 7.01. The van der Waals surface area contributed by atoms with Crippen LogP contribution in [0.4, 0.5) is 37.6 Å². The van der Waals surface area contributed by atoms with Gasteiger partial charge in [0.1, 0.15) is 17.5 Å². The summed E-state index contributed by atoms with van der Waals surface area (Å²) in [6.07, 6.45) is 5.95. The van der Waals surface area contributed by atoms with Crippen molar-refractivity contribution in [2.45, 2.75) is 0 Å². The zero-order chi connectivity index (χ0) is 23.4. The van der Waals surface area contributed by atoms with Crippen LogP contribution in [-0.4, -0.2) is 25.7 Å². The highest BCUT2D eigenvalue weighted by Crippen LogP contribution is 2.32. The Hall–Kier alpha value is -4.60. The van der Waals surface area contributed by atoms with Crippen LogP contribution in [0.15, 0.2) is 73.7 Å². The molecule has 0 aliphatic carbocycles. The first-order chi connectivity index (χ1) is 15.9. The molecule has 0 aliphatic rings. The van der Waals surface area contributed by atoms with Gasteiger partial charge in [0.25, 0.3) is 0 Å². The van der Waals surface area contributed by atoms with Gasteiger partial charge in [0.05, 0.1) is 17.6 Å². The Morgan fingerprint density at radius 1 is 1.09 bits per heavy atom. The number of nitrogens with one attached hydrogen (secondary N) is 3. The minimum Gasteiger partial charge on any atom is -0.337 e. The molecule has 0 radical (unpaired) electrons. The van der Waals surface area contributed by atoms with Crippen LogP contribution in [0.3, 0.4) is 0 Å². The van der Waals surface area contributed by atoms with E-state index in [-0.39, 0.29) is 17.5 Å².